The SMILES string of the molecule is NC1CCC(C(=O)c2cc(Cl)ccc2F)CC1. The summed E-state index contributed by atoms with van der Waals surface area (Å²) in [5.41, 5.74) is 5.89. The molecule has 1 saturated carbocycles. The van der Waals surface area contributed by atoms with E-state index in [-0.39, 0.29) is 23.3 Å². The van der Waals surface area contributed by atoms with Crippen molar-refractivity contribution in [1.82, 2.24) is 0 Å². The molecule has 1 aliphatic rings. The van der Waals surface area contributed by atoms with Crippen molar-refractivity contribution in [1.29, 1.82) is 0 Å². The molecule has 0 spiro atoms. The molecule has 0 radical (unpaired) electrons. The average Bonchev–Trinajstić information content (AvgIpc) is 2.32. The van der Waals surface area contributed by atoms with Crippen molar-refractivity contribution in [2.75, 3.05) is 0 Å². The van der Waals surface area contributed by atoms with E-state index in [2.05, 4.69) is 0 Å². The van der Waals surface area contributed by atoms with Crippen LogP contribution in [0, 0.1) is 11.7 Å². The van der Waals surface area contributed by atoms with E-state index in [1.807, 2.05) is 0 Å². The van der Waals surface area contributed by atoms with Crippen LogP contribution in [0.4, 0.5) is 4.39 Å². The minimum Gasteiger partial charge on any atom is -0.328 e. The molecule has 1 aromatic rings. The van der Waals surface area contributed by atoms with Crippen LogP contribution < -0.4 is 5.73 Å². The Hall–Kier alpha value is -0.930. The third-order valence-electron chi connectivity index (χ3n) is 3.34. The Morgan fingerprint density at radius 1 is 1.29 bits per heavy atom. The van der Waals surface area contributed by atoms with Gasteiger partial charge >= 0.3 is 0 Å². The van der Waals surface area contributed by atoms with Gasteiger partial charge < -0.3 is 5.73 Å². The molecule has 0 aliphatic heterocycles. The molecule has 0 atom stereocenters. The second-order valence-corrected chi connectivity index (χ2v) is 5.04. The van der Waals surface area contributed by atoms with Crippen LogP contribution in [-0.4, -0.2) is 11.8 Å². The molecule has 17 heavy (non-hydrogen) atoms. The highest BCUT2D eigenvalue weighted by Gasteiger charge is 2.27. The first-order chi connectivity index (χ1) is 8.08. The summed E-state index contributed by atoms with van der Waals surface area (Å²) in [7, 11) is 0. The first-order valence-electron chi connectivity index (χ1n) is 5.83. The zero-order valence-corrected chi connectivity index (χ0v) is 10.2. The molecule has 92 valence electrons. The standard InChI is InChI=1S/C13H15ClFNO/c14-9-3-6-12(15)11(7-9)13(17)8-1-4-10(16)5-2-8/h3,6-8,10H,1-2,4-5,16H2. The number of carbonyl (C=O) groups is 1. The Morgan fingerprint density at radius 3 is 2.59 bits per heavy atom. The number of ketones is 1. The number of halogens is 2. The lowest BCUT2D eigenvalue weighted by Crippen LogP contribution is -2.30. The van der Waals surface area contributed by atoms with E-state index < -0.39 is 5.82 Å². The van der Waals surface area contributed by atoms with Gasteiger partial charge in [-0.25, -0.2) is 4.39 Å². The minimum atomic E-state index is -0.491. The van der Waals surface area contributed by atoms with Crippen LogP contribution in [0.2, 0.25) is 5.02 Å². The van der Waals surface area contributed by atoms with Crippen molar-refractivity contribution in [2.45, 2.75) is 31.7 Å². The summed E-state index contributed by atoms with van der Waals surface area (Å²) in [5, 5.41) is 0.391. The molecule has 0 unspecified atom stereocenters. The highest BCUT2D eigenvalue weighted by atomic mass is 35.5. The maximum Gasteiger partial charge on any atom is 0.168 e. The van der Waals surface area contributed by atoms with Crippen LogP contribution >= 0.6 is 11.6 Å². The summed E-state index contributed by atoms with van der Waals surface area (Å²) in [5.74, 6) is -0.742. The lowest BCUT2D eigenvalue weighted by Gasteiger charge is -2.25. The maximum atomic E-state index is 13.5. The van der Waals surface area contributed by atoms with E-state index in [1.165, 1.54) is 18.2 Å². The van der Waals surface area contributed by atoms with Gasteiger partial charge in [0.2, 0.25) is 0 Å². The average molecular weight is 256 g/mol. The van der Waals surface area contributed by atoms with Gasteiger partial charge in [-0.2, -0.15) is 0 Å². The van der Waals surface area contributed by atoms with Crippen molar-refractivity contribution < 1.29 is 9.18 Å². The number of carbonyl (C=O) groups excluding carboxylic acids is 1. The molecule has 4 heteroatoms. The summed E-state index contributed by atoms with van der Waals surface area (Å²) in [6, 6.07) is 4.28. The molecular weight excluding hydrogens is 241 g/mol. The Balaban J connectivity index is 2.16. The fraction of sp³-hybridized carbons (Fsp3) is 0.462. The van der Waals surface area contributed by atoms with Crippen LogP contribution in [0.3, 0.4) is 0 Å². The summed E-state index contributed by atoms with van der Waals surface area (Å²) in [4.78, 5) is 12.1. The van der Waals surface area contributed by atoms with Gasteiger partial charge in [0, 0.05) is 17.0 Å². The van der Waals surface area contributed by atoms with Gasteiger partial charge in [0.05, 0.1) is 5.56 Å². The molecular formula is C13H15ClFNO. The van der Waals surface area contributed by atoms with Gasteiger partial charge in [-0.3, -0.25) is 4.79 Å². The van der Waals surface area contributed by atoms with Crippen LogP contribution in [-0.2, 0) is 0 Å². The largest absolute Gasteiger partial charge is 0.328 e. The highest BCUT2D eigenvalue weighted by Crippen LogP contribution is 2.28. The van der Waals surface area contributed by atoms with E-state index in [4.69, 9.17) is 17.3 Å². The summed E-state index contributed by atoms with van der Waals surface area (Å²) in [6.07, 6.45) is 3.15. The Bertz CT molecular complexity index is 427. The Morgan fingerprint density at radius 2 is 1.94 bits per heavy atom. The number of hydrogen-bond donors (Lipinski definition) is 1. The smallest absolute Gasteiger partial charge is 0.168 e. The number of hydrogen-bond acceptors (Lipinski definition) is 2. The quantitative estimate of drug-likeness (QED) is 0.825. The minimum absolute atomic E-state index is 0.109. The molecule has 1 fully saturated rings. The summed E-state index contributed by atoms with van der Waals surface area (Å²) >= 11 is 5.78. The molecule has 0 aromatic heterocycles. The predicted molar refractivity (Wildman–Crippen MR) is 65.7 cm³/mol. The highest BCUT2D eigenvalue weighted by molar-refractivity contribution is 6.31. The van der Waals surface area contributed by atoms with E-state index in [1.54, 1.807) is 0 Å². The van der Waals surface area contributed by atoms with E-state index in [0.29, 0.717) is 5.02 Å². The lowest BCUT2D eigenvalue weighted by atomic mass is 9.82. The van der Waals surface area contributed by atoms with Crippen LogP contribution in [0.5, 0.6) is 0 Å². The molecule has 0 saturated heterocycles. The lowest BCUT2D eigenvalue weighted by molar-refractivity contribution is 0.0880. The number of rotatable bonds is 2. The fourth-order valence-electron chi connectivity index (χ4n) is 2.29. The van der Waals surface area contributed by atoms with Crippen molar-refractivity contribution in [2.24, 2.45) is 11.7 Å². The van der Waals surface area contributed by atoms with Crippen LogP contribution in [0.15, 0.2) is 18.2 Å². The number of Topliss-reactive ketones (excluding diaryl/α,β-unsaturated/α-hetero) is 1. The van der Waals surface area contributed by atoms with E-state index in [0.717, 1.165) is 25.7 Å². The van der Waals surface area contributed by atoms with E-state index >= 15 is 0 Å². The van der Waals surface area contributed by atoms with Gasteiger partial charge in [0.25, 0.3) is 0 Å². The molecule has 1 aromatic carbocycles. The zero-order chi connectivity index (χ0) is 12.4. The predicted octanol–water partition coefficient (Wildman–Crippen LogP) is 3.18. The van der Waals surface area contributed by atoms with Crippen molar-refractivity contribution >= 4 is 17.4 Å². The number of nitrogens with two attached hydrogens (primary N) is 1. The summed E-state index contributed by atoms with van der Waals surface area (Å²) < 4.78 is 13.5. The number of benzene rings is 1. The second kappa shape index (κ2) is 5.15. The molecule has 0 bridgehead atoms. The van der Waals surface area contributed by atoms with Crippen molar-refractivity contribution in [3.05, 3.63) is 34.6 Å². The molecule has 2 N–H and O–H groups in total. The molecule has 2 rings (SSSR count). The topological polar surface area (TPSA) is 43.1 Å². The molecule has 2 nitrogen and oxygen atoms in total. The van der Waals surface area contributed by atoms with Gasteiger partial charge in [-0.1, -0.05) is 11.6 Å². The first-order valence-corrected chi connectivity index (χ1v) is 6.20. The second-order valence-electron chi connectivity index (χ2n) is 4.60. The Labute approximate surface area is 105 Å². The van der Waals surface area contributed by atoms with Crippen LogP contribution in [0.25, 0.3) is 0 Å². The van der Waals surface area contributed by atoms with Gasteiger partial charge in [0.1, 0.15) is 5.82 Å². The Kier molecular flexibility index (Phi) is 3.79. The van der Waals surface area contributed by atoms with Crippen LogP contribution in [0.1, 0.15) is 36.0 Å². The molecule has 0 amide bonds. The van der Waals surface area contributed by atoms with Gasteiger partial charge in [0.15, 0.2) is 5.78 Å². The monoisotopic (exact) mass is 255 g/mol. The first kappa shape index (κ1) is 12.5. The van der Waals surface area contributed by atoms with Crippen molar-refractivity contribution in [3.8, 4) is 0 Å². The van der Waals surface area contributed by atoms with Crippen molar-refractivity contribution in [3.63, 3.8) is 0 Å². The maximum absolute atomic E-state index is 13.5. The summed E-state index contributed by atoms with van der Waals surface area (Å²) in [6.45, 7) is 0. The van der Waals surface area contributed by atoms with E-state index in [9.17, 15) is 9.18 Å². The third kappa shape index (κ3) is 2.85. The normalized spacial score (nSPS) is 24.6. The van der Waals surface area contributed by atoms with Gasteiger partial charge in [-0.15, -0.1) is 0 Å². The molecule has 0 heterocycles. The van der Waals surface area contributed by atoms with Gasteiger partial charge in [-0.05, 0) is 43.9 Å². The zero-order valence-electron chi connectivity index (χ0n) is 9.46. The molecule has 1 aliphatic carbocycles. The third-order valence-corrected chi connectivity index (χ3v) is 3.57. The fourth-order valence-corrected chi connectivity index (χ4v) is 2.46.